The lowest BCUT2D eigenvalue weighted by Gasteiger charge is -2.39. The molecule has 0 saturated heterocycles. The van der Waals surface area contributed by atoms with E-state index in [-0.39, 0.29) is 22.6 Å². The molecule has 2 rings (SSSR count). The zero-order valence-corrected chi connectivity index (χ0v) is 20.1. The van der Waals surface area contributed by atoms with Crippen LogP contribution in [-0.2, 0) is 25.1 Å². The number of rotatable bonds is 9. The largest absolute Gasteiger partial charge is 0.412 e. The van der Waals surface area contributed by atoms with Gasteiger partial charge >= 0.3 is 0 Å². The standard InChI is InChI=1S/C22H33NO4SSi/c1-18-9-13-21(14-10-18)28(24,25)26-17-20(27-29(5,6)22(2,3)4)12-11-19-8-7-15-23-16-19/h7-10,13-16,20H,11-12,17H2,1-6H3/t20-/m0/s1. The van der Waals surface area contributed by atoms with E-state index in [0.29, 0.717) is 6.42 Å². The molecule has 0 spiro atoms. The molecule has 1 heterocycles. The molecule has 1 aromatic carbocycles. The highest BCUT2D eigenvalue weighted by molar-refractivity contribution is 7.86. The normalized spacial score (nSPS) is 14.0. The minimum atomic E-state index is -3.82. The van der Waals surface area contributed by atoms with Crippen LogP contribution in [0.1, 0.15) is 38.3 Å². The Morgan fingerprint density at radius 2 is 1.76 bits per heavy atom. The molecule has 160 valence electrons. The van der Waals surface area contributed by atoms with Crippen LogP contribution in [0.3, 0.4) is 0 Å². The monoisotopic (exact) mass is 435 g/mol. The fourth-order valence-electron chi connectivity index (χ4n) is 2.58. The highest BCUT2D eigenvalue weighted by Crippen LogP contribution is 2.37. The quantitative estimate of drug-likeness (QED) is 0.404. The van der Waals surface area contributed by atoms with Gasteiger partial charge in [-0.3, -0.25) is 9.17 Å². The molecule has 0 amide bonds. The molecule has 7 heteroatoms. The molecule has 0 radical (unpaired) electrons. The summed E-state index contributed by atoms with van der Waals surface area (Å²) in [5.41, 5.74) is 2.09. The third-order valence-electron chi connectivity index (χ3n) is 5.46. The average molecular weight is 436 g/mol. The first-order valence-corrected chi connectivity index (χ1v) is 14.3. The lowest BCUT2D eigenvalue weighted by atomic mass is 10.1. The van der Waals surface area contributed by atoms with Crippen molar-refractivity contribution in [3.8, 4) is 0 Å². The van der Waals surface area contributed by atoms with Crippen molar-refractivity contribution in [2.24, 2.45) is 0 Å². The first-order chi connectivity index (χ1) is 13.4. The van der Waals surface area contributed by atoms with Crippen molar-refractivity contribution in [2.45, 2.75) is 69.7 Å². The van der Waals surface area contributed by atoms with Crippen molar-refractivity contribution in [2.75, 3.05) is 6.61 Å². The maximum absolute atomic E-state index is 12.6. The van der Waals surface area contributed by atoms with Gasteiger partial charge in [-0.05, 0) is 61.7 Å². The molecule has 1 aromatic heterocycles. The van der Waals surface area contributed by atoms with E-state index in [1.165, 1.54) is 0 Å². The maximum atomic E-state index is 12.6. The molecule has 0 aliphatic heterocycles. The highest BCUT2D eigenvalue weighted by Gasteiger charge is 2.39. The van der Waals surface area contributed by atoms with E-state index in [4.69, 9.17) is 8.61 Å². The van der Waals surface area contributed by atoms with Gasteiger partial charge in [0, 0.05) is 12.4 Å². The minimum absolute atomic E-state index is 0.00296. The van der Waals surface area contributed by atoms with E-state index in [1.807, 2.05) is 25.3 Å². The van der Waals surface area contributed by atoms with Gasteiger partial charge in [-0.1, -0.05) is 44.5 Å². The van der Waals surface area contributed by atoms with Gasteiger partial charge in [-0.15, -0.1) is 0 Å². The lowest BCUT2D eigenvalue weighted by molar-refractivity contribution is 0.111. The minimum Gasteiger partial charge on any atom is -0.412 e. The average Bonchev–Trinajstić information content (AvgIpc) is 2.64. The summed E-state index contributed by atoms with van der Waals surface area (Å²) in [4.78, 5) is 4.32. The number of aryl methyl sites for hydroxylation is 2. The Balaban J connectivity index is 2.12. The van der Waals surface area contributed by atoms with Gasteiger partial charge in [-0.2, -0.15) is 8.42 Å². The molecule has 0 bridgehead atoms. The zero-order valence-electron chi connectivity index (χ0n) is 18.3. The van der Waals surface area contributed by atoms with Crippen molar-refractivity contribution in [1.82, 2.24) is 4.98 Å². The summed E-state index contributed by atoms with van der Waals surface area (Å²) < 4.78 is 37.1. The van der Waals surface area contributed by atoms with Gasteiger partial charge < -0.3 is 4.43 Å². The summed E-state index contributed by atoms with van der Waals surface area (Å²) in [5, 5.41) is 0.0232. The summed E-state index contributed by atoms with van der Waals surface area (Å²) in [5.74, 6) is 0. The second-order valence-electron chi connectivity index (χ2n) is 8.95. The number of hydrogen-bond donors (Lipinski definition) is 0. The Morgan fingerprint density at radius 3 is 2.31 bits per heavy atom. The van der Waals surface area contributed by atoms with Crippen LogP contribution in [0, 0.1) is 6.92 Å². The van der Waals surface area contributed by atoms with Crippen LogP contribution in [0.4, 0.5) is 0 Å². The van der Waals surface area contributed by atoms with Crippen molar-refractivity contribution in [1.29, 1.82) is 0 Å². The third-order valence-corrected chi connectivity index (χ3v) is 11.3. The molecule has 0 fully saturated rings. The zero-order chi connectivity index (χ0) is 21.7. The van der Waals surface area contributed by atoms with Crippen LogP contribution < -0.4 is 0 Å². The number of benzene rings is 1. The van der Waals surface area contributed by atoms with Crippen LogP contribution in [0.5, 0.6) is 0 Å². The topological polar surface area (TPSA) is 65.5 Å². The Morgan fingerprint density at radius 1 is 1.10 bits per heavy atom. The second-order valence-corrected chi connectivity index (χ2v) is 15.3. The van der Waals surface area contributed by atoms with E-state index < -0.39 is 18.4 Å². The van der Waals surface area contributed by atoms with Crippen LogP contribution in [0.15, 0.2) is 53.7 Å². The highest BCUT2D eigenvalue weighted by atomic mass is 32.2. The predicted octanol–water partition coefficient (Wildman–Crippen LogP) is 5.12. The van der Waals surface area contributed by atoms with Gasteiger partial charge in [0.2, 0.25) is 0 Å². The fraction of sp³-hybridized carbons (Fsp3) is 0.500. The number of aromatic nitrogens is 1. The Hall–Kier alpha value is -1.54. The van der Waals surface area contributed by atoms with Gasteiger partial charge in [0.05, 0.1) is 17.6 Å². The van der Waals surface area contributed by atoms with Gasteiger partial charge in [-0.25, -0.2) is 0 Å². The first-order valence-electron chi connectivity index (χ1n) is 9.93. The van der Waals surface area contributed by atoms with Gasteiger partial charge in [0.15, 0.2) is 8.32 Å². The van der Waals surface area contributed by atoms with E-state index in [9.17, 15) is 8.42 Å². The van der Waals surface area contributed by atoms with Crippen LogP contribution >= 0.6 is 0 Å². The van der Waals surface area contributed by atoms with E-state index in [2.05, 4.69) is 38.8 Å². The van der Waals surface area contributed by atoms with Gasteiger partial charge in [0.1, 0.15) is 0 Å². The molecule has 29 heavy (non-hydrogen) atoms. The van der Waals surface area contributed by atoms with Crippen molar-refractivity contribution in [3.05, 3.63) is 59.9 Å². The summed E-state index contributed by atoms with van der Waals surface area (Å²) in [6.45, 7) is 12.8. The van der Waals surface area contributed by atoms with Crippen LogP contribution in [0.25, 0.3) is 0 Å². The molecular formula is C22H33NO4SSi. The Kier molecular flexibility index (Phi) is 7.78. The molecule has 0 N–H and O–H groups in total. The van der Waals surface area contributed by atoms with Crippen molar-refractivity contribution >= 4 is 18.4 Å². The summed E-state index contributed by atoms with van der Waals surface area (Å²) in [6.07, 6.45) is 4.68. The maximum Gasteiger partial charge on any atom is 0.297 e. The second kappa shape index (κ2) is 9.51. The molecule has 1 atom stereocenters. The van der Waals surface area contributed by atoms with Crippen molar-refractivity contribution in [3.63, 3.8) is 0 Å². The molecule has 2 aromatic rings. The molecule has 0 saturated carbocycles. The van der Waals surface area contributed by atoms with Crippen LogP contribution in [-0.4, -0.2) is 34.4 Å². The van der Waals surface area contributed by atoms with E-state index in [1.54, 1.807) is 30.5 Å². The Bertz CT molecular complexity index is 875. The predicted molar refractivity (Wildman–Crippen MR) is 119 cm³/mol. The summed E-state index contributed by atoms with van der Waals surface area (Å²) in [7, 11) is -5.90. The molecule has 0 aliphatic carbocycles. The lowest BCUT2D eigenvalue weighted by Crippen LogP contribution is -2.45. The van der Waals surface area contributed by atoms with E-state index in [0.717, 1.165) is 17.5 Å². The number of pyridine rings is 1. The van der Waals surface area contributed by atoms with Crippen molar-refractivity contribution < 1.29 is 17.0 Å². The Labute approximate surface area is 176 Å². The number of nitrogens with zero attached hydrogens (tertiary/aromatic N) is 1. The van der Waals surface area contributed by atoms with Crippen LogP contribution in [0.2, 0.25) is 18.1 Å². The molecule has 0 unspecified atom stereocenters. The molecular weight excluding hydrogens is 402 g/mol. The third kappa shape index (κ3) is 7.03. The van der Waals surface area contributed by atoms with Gasteiger partial charge in [0.25, 0.3) is 10.1 Å². The summed E-state index contributed by atoms with van der Waals surface area (Å²) in [6, 6.07) is 10.6. The fourth-order valence-corrected chi connectivity index (χ4v) is 4.89. The SMILES string of the molecule is Cc1ccc(S(=O)(=O)OC[C@H](CCc2cccnc2)O[Si](C)(C)C(C)(C)C)cc1. The first kappa shape index (κ1) is 23.7. The smallest absolute Gasteiger partial charge is 0.297 e. The number of hydrogen-bond acceptors (Lipinski definition) is 5. The molecule has 0 aliphatic rings. The summed E-state index contributed by atoms with van der Waals surface area (Å²) >= 11 is 0. The molecule has 5 nitrogen and oxygen atoms in total. The van der Waals surface area contributed by atoms with E-state index >= 15 is 0 Å².